The second-order valence-corrected chi connectivity index (χ2v) is 3.51. The molecule has 1 aromatic rings. The number of aliphatic carboxylic acids is 1. The first kappa shape index (κ1) is 15.4. The van der Waals surface area contributed by atoms with E-state index in [2.05, 4.69) is 18.5 Å². The Morgan fingerprint density at radius 3 is 2.06 bits per heavy atom. The van der Waals surface area contributed by atoms with Gasteiger partial charge in [-0.3, -0.25) is 4.79 Å². The highest BCUT2D eigenvalue weighted by Gasteiger charge is 1.96. The Morgan fingerprint density at radius 1 is 1.18 bits per heavy atom. The molecule has 1 saturated heterocycles. The van der Waals surface area contributed by atoms with Crippen LogP contribution in [0.4, 0.5) is 0 Å². The summed E-state index contributed by atoms with van der Waals surface area (Å²) < 4.78 is 0. The lowest BCUT2D eigenvalue weighted by atomic mass is 10.2. The summed E-state index contributed by atoms with van der Waals surface area (Å²) in [5, 5.41) is 11.6. The average molecular weight is 235 g/mol. The lowest BCUT2D eigenvalue weighted by Gasteiger charge is -1.92. The number of hydrogen-bond donors (Lipinski definition) is 2. The summed E-state index contributed by atoms with van der Waals surface area (Å²) in [6.45, 7) is 8.50. The van der Waals surface area contributed by atoms with Gasteiger partial charge in [0.25, 0.3) is 0 Å². The Labute approximate surface area is 103 Å². The third-order valence-electron chi connectivity index (χ3n) is 2.16. The quantitative estimate of drug-likeness (QED) is 0.774. The van der Waals surface area contributed by atoms with E-state index in [1.54, 1.807) is 12.1 Å². The molecule has 1 aliphatic heterocycles. The molecule has 1 fully saturated rings. The van der Waals surface area contributed by atoms with Crippen LogP contribution in [0.3, 0.4) is 0 Å². The average Bonchev–Trinajstić information content (AvgIpc) is 2.91. The van der Waals surface area contributed by atoms with Crippen LogP contribution in [0, 0.1) is 0 Å². The summed E-state index contributed by atoms with van der Waals surface area (Å²) in [4.78, 5) is 10.2. The Morgan fingerprint density at radius 2 is 1.71 bits per heavy atom. The van der Waals surface area contributed by atoms with Crippen LogP contribution >= 0.6 is 0 Å². The summed E-state index contributed by atoms with van der Waals surface area (Å²) >= 11 is 0. The van der Waals surface area contributed by atoms with E-state index in [0.29, 0.717) is 0 Å². The molecule has 0 spiro atoms. The summed E-state index contributed by atoms with van der Waals surface area (Å²) in [5.74, 6) is -0.786. The maximum Gasteiger partial charge on any atom is 0.307 e. The molecule has 17 heavy (non-hydrogen) atoms. The van der Waals surface area contributed by atoms with Crippen molar-refractivity contribution in [1.29, 1.82) is 0 Å². The van der Waals surface area contributed by atoms with Crippen LogP contribution in [0.1, 0.15) is 18.4 Å². The molecule has 0 aromatic heterocycles. The van der Waals surface area contributed by atoms with Crippen LogP contribution in [0.5, 0.6) is 0 Å². The summed E-state index contributed by atoms with van der Waals surface area (Å²) in [7, 11) is 0. The Bertz CT molecular complexity index is 287. The van der Waals surface area contributed by atoms with Crippen molar-refractivity contribution >= 4 is 5.97 Å². The minimum atomic E-state index is -0.786. The fourth-order valence-electron chi connectivity index (χ4n) is 1.40. The van der Waals surface area contributed by atoms with Crippen molar-refractivity contribution in [2.45, 2.75) is 19.3 Å². The molecular formula is C14H21NO2. The van der Waals surface area contributed by atoms with Crippen molar-refractivity contribution in [2.24, 2.45) is 0 Å². The number of nitrogens with one attached hydrogen (secondary N) is 1. The second-order valence-electron chi connectivity index (χ2n) is 3.51. The smallest absolute Gasteiger partial charge is 0.307 e. The highest BCUT2D eigenvalue weighted by molar-refractivity contribution is 5.70. The van der Waals surface area contributed by atoms with Gasteiger partial charge in [-0.1, -0.05) is 30.3 Å². The molecule has 1 heterocycles. The highest BCUT2D eigenvalue weighted by atomic mass is 16.4. The summed E-state index contributed by atoms with van der Waals surface area (Å²) in [6, 6.07) is 9.13. The molecule has 0 saturated carbocycles. The fourth-order valence-corrected chi connectivity index (χ4v) is 1.40. The van der Waals surface area contributed by atoms with Crippen molar-refractivity contribution < 1.29 is 9.90 Å². The van der Waals surface area contributed by atoms with Gasteiger partial charge in [0, 0.05) is 0 Å². The van der Waals surface area contributed by atoms with E-state index in [9.17, 15) is 4.79 Å². The number of rotatable bonds is 2. The van der Waals surface area contributed by atoms with E-state index in [4.69, 9.17) is 5.11 Å². The van der Waals surface area contributed by atoms with Gasteiger partial charge in [0.2, 0.25) is 0 Å². The lowest BCUT2D eigenvalue weighted by Crippen LogP contribution is -2.03. The van der Waals surface area contributed by atoms with Crippen LogP contribution in [0.2, 0.25) is 0 Å². The first-order chi connectivity index (χ1) is 8.29. The van der Waals surface area contributed by atoms with E-state index in [0.717, 1.165) is 5.56 Å². The Kier molecular flexibility index (Phi) is 9.86. The predicted octanol–water partition coefficient (Wildman–Crippen LogP) is 2.49. The fraction of sp³-hybridized carbons (Fsp3) is 0.357. The number of benzene rings is 1. The van der Waals surface area contributed by atoms with Gasteiger partial charge in [-0.25, -0.2) is 0 Å². The molecule has 0 amide bonds. The molecule has 2 rings (SSSR count). The molecule has 94 valence electrons. The first-order valence-corrected chi connectivity index (χ1v) is 5.75. The van der Waals surface area contributed by atoms with Gasteiger partial charge < -0.3 is 10.4 Å². The van der Waals surface area contributed by atoms with Gasteiger partial charge in [-0.05, 0) is 31.5 Å². The van der Waals surface area contributed by atoms with E-state index in [1.165, 1.54) is 25.9 Å². The molecule has 0 radical (unpaired) electrons. The van der Waals surface area contributed by atoms with Gasteiger partial charge in [-0.2, -0.15) is 0 Å². The Hall–Kier alpha value is -1.61. The zero-order valence-corrected chi connectivity index (χ0v) is 10.2. The van der Waals surface area contributed by atoms with Crippen molar-refractivity contribution in [3.8, 4) is 0 Å². The molecule has 0 aliphatic carbocycles. The van der Waals surface area contributed by atoms with Crippen LogP contribution in [0.15, 0.2) is 43.5 Å². The van der Waals surface area contributed by atoms with E-state index < -0.39 is 5.97 Å². The predicted molar refractivity (Wildman–Crippen MR) is 71.1 cm³/mol. The normalized spacial score (nSPS) is 12.7. The third-order valence-corrected chi connectivity index (χ3v) is 2.16. The van der Waals surface area contributed by atoms with Crippen molar-refractivity contribution in [3.05, 3.63) is 49.1 Å². The SMILES string of the molecule is C1CCNC1.C=C.O=C(O)Cc1ccccc1. The first-order valence-electron chi connectivity index (χ1n) is 5.75. The monoisotopic (exact) mass is 235 g/mol. The molecule has 0 atom stereocenters. The second kappa shape index (κ2) is 10.9. The third kappa shape index (κ3) is 9.33. The van der Waals surface area contributed by atoms with Gasteiger partial charge >= 0.3 is 5.97 Å². The van der Waals surface area contributed by atoms with Gasteiger partial charge in [0.15, 0.2) is 0 Å². The van der Waals surface area contributed by atoms with Crippen molar-refractivity contribution in [1.82, 2.24) is 5.32 Å². The minimum Gasteiger partial charge on any atom is -0.481 e. The minimum absolute atomic E-state index is 0.112. The number of carboxylic acids is 1. The molecular weight excluding hydrogens is 214 g/mol. The highest BCUT2D eigenvalue weighted by Crippen LogP contribution is 1.98. The number of carboxylic acid groups (broad SMARTS) is 1. The summed E-state index contributed by atoms with van der Waals surface area (Å²) in [6.07, 6.45) is 2.89. The van der Waals surface area contributed by atoms with Crippen LogP contribution < -0.4 is 5.32 Å². The lowest BCUT2D eigenvalue weighted by molar-refractivity contribution is -0.136. The summed E-state index contributed by atoms with van der Waals surface area (Å²) in [5.41, 5.74) is 0.843. The van der Waals surface area contributed by atoms with Crippen LogP contribution in [-0.4, -0.2) is 24.2 Å². The van der Waals surface area contributed by atoms with Gasteiger partial charge in [0.05, 0.1) is 6.42 Å². The van der Waals surface area contributed by atoms with Crippen molar-refractivity contribution in [2.75, 3.05) is 13.1 Å². The van der Waals surface area contributed by atoms with E-state index >= 15 is 0 Å². The molecule has 0 bridgehead atoms. The standard InChI is InChI=1S/C8H8O2.C4H9N.C2H4/c9-8(10)6-7-4-2-1-3-5-7;1-2-4-5-3-1;1-2/h1-5H,6H2,(H,9,10);5H,1-4H2;1-2H2. The largest absolute Gasteiger partial charge is 0.481 e. The van der Waals surface area contributed by atoms with E-state index in [-0.39, 0.29) is 6.42 Å². The molecule has 1 aliphatic rings. The zero-order chi connectivity index (χ0) is 12.9. The number of hydrogen-bond acceptors (Lipinski definition) is 2. The maximum absolute atomic E-state index is 10.2. The van der Waals surface area contributed by atoms with Gasteiger partial charge in [-0.15, -0.1) is 13.2 Å². The molecule has 0 unspecified atom stereocenters. The van der Waals surface area contributed by atoms with E-state index in [1.807, 2.05) is 18.2 Å². The van der Waals surface area contributed by atoms with Crippen LogP contribution in [-0.2, 0) is 11.2 Å². The molecule has 2 N–H and O–H groups in total. The molecule has 1 aromatic carbocycles. The molecule has 3 nitrogen and oxygen atoms in total. The molecule has 3 heteroatoms. The zero-order valence-electron chi connectivity index (χ0n) is 10.2. The van der Waals surface area contributed by atoms with Crippen molar-refractivity contribution in [3.63, 3.8) is 0 Å². The topological polar surface area (TPSA) is 49.3 Å². The van der Waals surface area contributed by atoms with Crippen LogP contribution in [0.25, 0.3) is 0 Å². The van der Waals surface area contributed by atoms with Gasteiger partial charge in [0.1, 0.15) is 0 Å². The number of carbonyl (C=O) groups is 1. The maximum atomic E-state index is 10.2. The Balaban J connectivity index is 0.000000306.